The van der Waals surface area contributed by atoms with Crippen molar-refractivity contribution in [3.8, 4) is 0 Å². The average Bonchev–Trinajstić information content (AvgIpc) is 2.42. The highest BCUT2D eigenvalue weighted by molar-refractivity contribution is 5.74. The molecule has 1 aromatic carbocycles. The first-order valence-electron chi connectivity index (χ1n) is 7.58. The zero-order valence-corrected chi connectivity index (χ0v) is 12.3. The van der Waals surface area contributed by atoms with Gasteiger partial charge in [-0.2, -0.15) is 0 Å². The van der Waals surface area contributed by atoms with Crippen molar-refractivity contribution in [3.63, 3.8) is 0 Å². The van der Waals surface area contributed by atoms with Gasteiger partial charge in [-0.05, 0) is 42.9 Å². The van der Waals surface area contributed by atoms with Crippen LogP contribution in [0.3, 0.4) is 0 Å². The Balaban J connectivity index is 1.88. The lowest BCUT2D eigenvalue weighted by Gasteiger charge is -2.34. The maximum atomic E-state index is 13.0. The third kappa shape index (κ3) is 4.72. The lowest BCUT2D eigenvalue weighted by Crippen LogP contribution is -2.42. The van der Waals surface area contributed by atoms with Crippen LogP contribution in [0.1, 0.15) is 43.7 Å². The van der Waals surface area contributed by atoms with Crippen molar-refractivity contribution >= 4 is 12.0 Å². The molecule has 0 aromatic heterocycles. The Kier molecular flexibility index (Phi) is 5.75. The SMILES string of the molecule is O=C(O)CCCNC(=O)NC(c1ccc(F)cc1)C1CCC1. The fourth-order valence-corrected chi connectivity index (χ4v) is 2.55. The molecular formula is C16H21FN2O3. The molecule has 5 nitrogen and oxygen atoms in total. The minimum Gasteiger partial charge on any atom is -0.481 e. The number of hydrogen-bond donors (Lipinski definition) is 3. The van der Waals surface area contributed by atoms with Crippen LogP contribution in [0.15, 0.2) is 24.3 Å². The summed E-state index contributed by atoms with van der Waals surface area (Å²) < 4.78 is 13.0. The monoisotopic (exact) mass is 308 g/mol. The molecule has 0 heterocycles. The van der Waals surface area contributed by atoms with E-state index < -0.39 is 5.97 Å². The maximum absolute atomic E-state index is 13.0. The van der Waals surface area contributed by atoms with E-state index in [2.05, 4.69) is 10.6 Å². The van der Waals surface area contributed by atoms with Gasteiger partial charge < -0.3 is 15.7 Å². The van der Waals surface area contributed by atoms with Crippen LogP contribution in [0.4, 0.5) is 9.18 Å². The molecule has 1 aliphatic carbocycles. The summed E-state index contributed by atoms with van der Waals surface area (Å²) in [6.07, 6.45) is 3.66. The molecular weight excluding hydrogens is 287 g/mol. The van der Waals surface area contributed by atoms with E-state index in [1.54, 1.807) is 12.1 Å². The highest BCUT2D eigenvalue weighted by atomic mass is 19.1. The van der Waals surface area contributed by atoms with Crippen molar-refractivity contribution in [1.82, 2.24) is 10.6 Å². The Hall–Kier alpha value is -2.11. The minimum atomic E-state index is -0.874. The molecule has 120 valence electrons. The Morgan fingerprint density at radius 1 is 1.27 bits per heavy atom. The molecule has 2 amide bonds. The van der Waals surface area contributed by atoms with Crippen molar-refractivity contribution in [3.05, 3.63) is 35.6 Å². The zero-order valence-electron chi connectivity index (χ0n) is 12.3. The van der Waals surface area contributed by atoms with E-state index in [1.165, 1.54) is 12.1 Å². The van der Waals surface area contributed by atoms with Crippen LogP contribution in [0.5, 0.6) is 0 Å². The Morgan fingerprint density at radius 3 is 2.50 bits per heavy atom. The molecule has 6 heteroatoms. The predicted octanol–water partition coefficient (Wildman–Crippen LogP) is 2.83. The standard InChI is InChI=1S/C16H21FN2O3/c17-13-8-6-12(7-9-13)15(11-3-1-4-11)19-16(22)18-10-2-5-14(20)21/h6-9,11,15H,1-5,10H2,(H,20,21)(H2,18,19,22). The first-order valence-corrected chi connectivity index (χ1v) is 7.58. The number of rotatable bonds is 7. The molecule has 2 rings (SSSR count). The van der Waals surface area contributed by atoms with Gasteiger partial charge in [0.2, 0.25) is 0 Å². The normalized spacial score (nSPS) is 15.7. The second-order valence-corrected chi connectivity index (χ2v) is 5.62. The topological polar surface area (TPSA) is 78.4 Å². The average molecular weight is 308 g/mol. The van der Waals surface area contributed by atoms with E-state index in [-0.39, 0.29) is 24.3 Å². The highest BCUT2D eigenvalue weighted by Crippen LogP contribution is 2.37. The van der Waals surface area contributed by atoms with Crippen LogP contribution in [-0.2, 0) is 4.79 Å². The highest BCUT2D eigenvalue weighted by Gasteiger charge is 2.29. The number of hydrogen-bond acceptors (Lipinski definition) is 2. The van der Waals surface area contributed by atoms with Crippen LogP contribution in [0, 0.1) is 11.7 Å². The quantitative estimate of drug-likeness (QED) is 0.678. The van der Waals surface area contributed by atoms with E-state index in [1.807, 2.05) is 0 Å². The lowest BCUT2D eigenvalue weighted by atomic mass is 9.77. The first-order chi connectivity index (χ1) is 10.6. The van der Waals surface area contributed by atoms with Crippen molar-refractivity contribution in [2.75, 3.05) is 6.54 Å². The van der Waals surface area contributed by atoms with Gasteiger partial charge in [-0.1, -0.05) is 18.6 Å². The minimum absolute atomic E-state index is 0.0320. The molecule has 1 aliphatic rings. The number of halogens is 1. The number of amides is 2. The molecule has 0 spiro atoms. The molecule has 22 heavy (non-hydrogen) atoms. The van der Waals surface area contributed by atoms with E-state index in [9.17, 15) is 14.0 Å². The molecule has 3 N–H and O–H groups in total. The summed E-state index contributed by atoms with van der Waals surface area (Å²) in [5.74, 6) is -0.801. The third-order valence-electron chi connectivity index (χ3n) is 3.99. The number of carboxylic acids is 1. The van der Waals surface area contributed by atoms with Gasteiger partial charge in [-0.15, -0.1) is 0 Å². The molecule has 0 saturated heterocycles. The number of urea groups is 1. The van der Waals surface area contributed by atoms with Crippen molar-refractivity contribution in [2.24, 2.45) is 5.92 Å². The molecule has 1 unspecified atom stereocenters. The summed E-state index contributed by atoms with van der Waals surface area (Å²) in [7, 11) is 0. The van der Waals surface area contributed by atoms with Crippen LogP contribution >= 0.6 is 0 Å². The summed E-state index contributed by atoms with van der Waals surface area (Å²) in [6, 6.07) is 5.74. The molecule has 1 atom stereocenters. The maximum Gasteiger partial charge on any atom is 0.315 e. The summed E-state index contributed by atoms with van der Waals surface area (Å²) in [4.78, 5) is 22.4. The number of nitrogens with one attached hydrogen (secondary N) is 2. The van der Waals surface area contributed by atoms with Crippen molar-refractivity contribution < 1.29 is 19.1 Å². The van der Waals surface area contributed by atoms with Gasteiger partial charge in [0.15, 0.2) is 0 Å². The summed E-state index contributed by atoms with van der Waals surface area (Å²) in [5, 5.41) is 14.1. The number of aliphatic carboxylic acids is 1. The van der Waals surface area contributed by atoms with E-state index in [4.69, 9.17) is 5.11 Å². The van der Waals surface area contributed by atoms with E-state index in [0.29, 0.717) is 18.9 Å². The predicted molar refractivity (Wildman–Crippen MR) is 79.9 cm³/mol. The number of benzene rings is 1. The summed E-state index contributed by atoms with van der Waals surface area (Å²) >= 11 is 0. The Morgan fingerprint density at radius 2 is 1.95 bits per heavy atom. The lowest BCUT2D eigenvalue weighted by molar-refractivity contribution is -0.137. The Bertz CT molecular complexity index is 515. The molecule has 0 radical (unpaired) electrons. The van der Waals surface area contributed by atoms with Gasteiger partial charge in [-0.3, -0.25) is 4.79 Å². The fourth-order valence-electron chi connectivity index (χ4n) is 2.55. The van der Waals surface area contributed by atoms with Gasteiger partial charge >= 0.3 is 12.0 Å². The van der Waals surface area contributed by atoms with E-state index in [0.717, 1.165) is 24.8 Å². The number of carboxylic acid groups (broad SMARTS) is 1. The second-order valence-electron chi connectivity index (χ2n) is 5.62. The van der Waals surface area contributed by atoms with Gasteiger partial charge in [0.25, 0.3) is 0 Å². The van der Waals surface area contributed by atoms with Crippen LogP contribution in [-0.4, -0.2) is 23.7 Å². The molecule has 1 aromatic rings. The zero-order chi connectivity index (χ0) is 15.9. The number of carbonyl (C=O) groups excluding carboxylic acids is 1. The van der Waals surface area contributed by atoms with Crippen LogP contribution in [0.2, 0.25) is 0 Å². The Labute approximate surface area is 128 Å². The largest absolute Gasteiger partial charge is 0.481 e. The summed E-state index contributed by atoms with van der Waals surface area (Å²) in [5.41, 5.74) is 0.895. The number of carbonyl (C=O) groups is 2. The smallest absolute Gasteiger partial charge is 0.315 e. The van der Waals surface area contributed by atoms with Crippen LogP contribution in [0.25, 0.3) is 0 Å². The van der Waals surface area contributed by atoms with Gasteiger partial charge in [-0.25, -0.2) is 9.18 Å². The van der Waals surface area contributed by atoms with Gasteiger partial charge in [0.05, 0.1) is 6.04 Å². The van der Waals surface area contributed by atoms with E-state index >= 15 is 0 Å². The fraction of sp³-hybridized carbons (Fsp3) is 0.500. The van der Waals surface area contributed by atoms with Gasteiger partial charge in [0, 0.05) is 13.0 Å². The van der Waals surface area contributed by atoms with Gasteiger partial charge in [0.1, 0.15) is 5.82 Å². The molecule has 0 bridgehead atoms. The van der Waals surface area contributed by atoms with Crippen LogP contribution < -0.4 is 10.6 Å². The second kappa shape index (κ2) is 7.77. The van der Waals surface area contributed by atoms with Crippen molar-refractivity contribution in [2.45, 2.75) is 38.1 Å². The molecule has 0 aliphatic heterocycles. The molecule has 1 fully saturated rings. The summed E-state index contributed by atoms with van der Waals surface area (Å²) in [6.45, 7) is 0.318. The third-order valence-corrected chi connectivity index (χ3v) is 3.99. The first kappa shape index (κ1) is 16.3. The molecule has 1 saturated carbocycles. The van der Waals surface area contributed by atoms with Crippen molar-refractivity contribution in [1.29, 1.82) is 0 Å².